The Bertz CT molecular complexity index is 1740. The molecule has 0 amide bonds. The van der Waals surface area contributed by atoms with Crippen molar-refractivity contribution in [2.45, 2.75) is 39.2 Å². The first-order valence-corrected chi connectivity index (χ1v) is 14.1. The summed E-state index contributed by atoms with van der Waals surface area (Å²) in [7, 11) is 1.55. The highest BCUT2D eigenvalue weighted by Gasteiger charge is 2.45. The van der Waals surface area contributed by atoms with Gasteiger partial charge in [-0.05, 0) is 65.9 Å². The van der Waals surface area contributed by atoms with Gasteiger partial charge < -0.3 is 15.2 Å². The predicted octanol–water partition coefficient (Wildman–Crippen LogP) is 7.43. The van der Waals surface area contributed by atoms with E-state index in [0.29, 0.717) is 45.3 Å². The van der Waals surface area contributed by atoms with Crippen molar-refractivity contribution in [3.63, 3.8) is 0 Å². The number of ether oxygens (including phenoxy) is 2. The summed E-state index contributed by atoms with van der Waals surface area (Å²) >= 11 is 12.1. The first-order valence-electron chi connectivity index (χ1n) is 13.4. The van der Waals surface area contributed by atoms with Crippen molar-refractivity contribution in [2.24, 2.45) is 11.1 Å². The molecule has 0 bridgehead atoms. The van der Waals surface area contributed by atoms with Gasteiger partial charge in [0.1, 0.15) is 29.6 Å². The van der Waals surface area contributed by atoms with Gasteiger partial charge in [-0.1, -0.05) is 43.1 Å². The minimum Gasteiger partial charge on any atom is -0.496 e. The summed E-state index contributed by atoms with van der Waals surface area (Å²) in [6.45, 7) is 4.05. The smallest absolute Gasteiger partial charge is 0.294 e. The fourth-order valence-electron chi connectivity index (χ4n) is 5.73. The molecule has 1 unspecified atom stereocenters. The number of nitrogens with two attached hydrogens (primary N) is 1. The number of allylic oxidation sites excluding steroid dienone is 3. The van der Waals surface area contributed by atoms with Gasteiger partial charge in [-0.15, -0.1) is 0 Å². The van der Waals surface area contributed by atoms with Crippen LogP contribution in [0.2, 0.25) is 10.0 Å². The first kappa shape index (κ1) is 30.0. The average Bonchev–Trinajstić information content (AvgIpc) is 2.96. The molecule has 1 aliphatic carbocycles. The van der Waals surface area contributed by atoms with E-state index in [-0.39, 0.29) is 46.6 Å². The van der Waals surface area contributed by atoms with Crippen LogP contribution in [0.25, 0.3) is 0 Å². The molecule has 220 valence electrons. The van der Waals surface area contributed by atoms with Crippen molar-refractivity contribution < 1.29 is 19.2 Å². The SMILES string of the molecule is COc1ccc(C2C(C#N)=C(N)N(c3ccc(Cl)cc3[N+](=O)[O-])C3=C2C(=O)CC(C)(C)C3)cc1COc1ccc(Cl)cc1. The number of benzene rings is 3. The third-order valence-electron chi connectivity index (χ3n) is 7.60. The lowest BCUT2D eigenvalue weighted by Crippen LogP contribution is -2.42. The predicted molar refractivity (Wildman–Crippen MR) is 164 cm³/mol. The summed E-state index contributed by atoms with van der Waals surface area (Å²) in [4.78, 5) is 26.9. The molecular weight excluding hydrogens is 591 g/mol. The van der Waals surface area contributed by atoms with E-state index in [4.69, 9.17) is 38.4 Å². The third kappa shape index (κ3) is 5.76. The van der Waals surface area contributed by atoms with Crippen LogP contribution in [0.1, 0.15) is 43.7 Å². The molecule has 11 heteroatoms. The lowest BCUT2D eigenvalue weighted by molar-refractivity contribution is -0.384. The standard InChI is InChI=1S/C32H28Cl2N4O5/c1-32(2)14-26-30(27(39)15-32)29(23(16-35)31(36)37(26)24-10-7-21(34)13-25(24)38(40)41)18-4-11-28(42-3)19(12-18)17-43-22-8-5-20(33)6-9-22/h4-13,29H,14-15,17,36H2,1-3H3. The molecule has 43 heavy (non-hydrogen) atoms. The van der Waals surface area contributed by atoms with Gasteiger partial charge in [-0.2, -0.15) is 5.26 Å². The number of rotatable bonds is 7. The van der Waals surface area contributed by atoms with Crippen LogP contribution in [-0.4, -0.2) is 17.8 Å². The molecule has 0 saturated carbocycles. The number of methoxy groups -OCH3 is 1. The third-order valence-corrected chi connectivity index (χ3v) is 8.09. The van der Waals surface area contributed by atoms with E-state index in [1.54, 1.807) is 43.5 Å². The van der Waals surface area contributed by atoms with Crippen LogP contribution in [0.4, 0.5) is 11.4 Å². The van der Waals surface area contributed by atoms with E-state index in [9.17, 15) is 20.2 Å². The van der Waals surface area contributed by atoms with Crippen molar-refractivity contribution in [2.75, 3.05) is 12.0 Å². The molecule has 1 atom stereocenters. The fraction of sp³-hybridized carbons (Fsp3) is 0.250. The molecule has 9 nitrogen and oxygen atoms in total. The molecule has 1 aliphatic heterocycles. The van der Waals surface area contributed by atoms with Gasteiger partial charge in [0, 0.05) is 39.4 Å². The second-order valence-electron chi connectivity index (χ2n) is 11.2. The number of hydrogen-bond donors (Lipinski definition) is 1. The van der Waals surface area contributed by atoms with Gasteiger partial charge in [0.05, 0.1) is 29.6 Å². The van der Waals surface area contributed by atoms with E-state index in [0.717, 1.165) is 0 Å². The van der Waals surface area contributed by atoms with Crippen LogP contribution < -0.4 is 20.1 Å². The van der Waals surface area contributed by atoms with Gasteiger partial charge in [0.15, 0.2) is 5.78 Å². The maximum Gasteiger partial charge on any atom is 0.294 e. The zero-order valence-corrected chi connectivity index (χ0v) is 25.2. The number of carbonyl (C=O) groups excluding carboxylic acids is 1. The Kier molecular flexibility index (Phi) is 8.10. The van der Waals surface area contributed by atoms with Crippen LogP contribution in [0.3, 0.4) is 0 Å². The van der Waals surface area contributed by atoms with Gasteiger partial charge in [-0.25, -0.2) is 0 Å². The second kappa shape index (κ2) is 11.6. The zero-order chi connectivity index (χ0) is 31.1. The van der Waals surface area contributed by atoms with E-state index in [1.807, 2.05) is 19.9 Å². The number of nitriles is 1. The largest absolute Gasteiger partial charge is 0.496 e. The molecule has 0 aromatic heterocycles. The monoisotopic (exact) mass is 618 g/mol. The Morgan fingerprint density at radius 2 is 1.79 bits per heavy atom. The van der Waals surface area contributed by atoms with Crippen molar-refractivity contribution in [1.29, 1.82) is 5.26 Å². The summed E-state index contributed by atoms with van der Waals surface area (Å²) in [5.74, 6) is 0.218. The van der Waals surface area contributed by atoms with Crippen molar-refractivity contribution in [1.82, 2.24) is 0 Å². The normalized spacial score (nSPS) is 17.8. The van der Waals surface area contributed by atoms with Crippen molar-refractivity contribution in [3.8, 4) is 17.6 Å². The summed E-state index contributed by atoms with van der Waals surface area (Å²) < 4.78 is 11.6. The second-order valence-corrected chi connectivity index (χ2v) is 12.1. The molecule has 2 aliphatic rings. The number of Topliss-reactive ketones (excluding diaryl/α,β-unsaturated/α-hetero) is 1. The van der Waals surface area contributed by atoms with E-state index in [2.05, 4.69) is 6.07 Å². The van der Waals surface area contributed by atoms with Crippen LogP contribution in [0.5, 0.6) is 11.5 Å². The van der Waals surface area contributed by atoms with Gasteiger partial charge in [-0.3, -0.25) is 19.8 Å². The Hall–Kier alpha value is -4.52. The van der Waals surface area contributed by atoms with Gasteiger partial charge >= 0.3 is 0 Å². The van der Waals surface area contributed by atoms with Crippen LogP contribution in [0, 0.1) is 26.9 Å². The maximum atomic E-state index is 13.9. The number of anilines is 1. The summed E-state index contributed by atoms with van der Waals surface area (Å²) in [5.41, 5.74) is 8.41. The quantitative estimate of drug-likeness (QED) is 0.213. The molecule has 1 heterocycles. The fourth-order valence-corrected chi connectivity index (χ4v) is 6.02. The minimum atomic E-state index is -0.800. The number of nitrogens with zero attached hydrogens (tertiary/aromatic N) is 3. The molecule has 0 fully saturated rings. The van der Waals surface area contributed by atoms with E-state index >= 15 is 0 Å². The molecule has 3 aromatic carbocycles. The summed E-state index contributed by atoms with van der Waals surface area (Å²) in [6, 6.07) is 18.8. The van der Waals surface area contributed by atoms with Gasteiger partial charge in [0.2, 0.25) is 0 Å². The van der Waals surface area contributed by atoms with Crippen LogP contribution >= 0.6 is 23.2 Å². The Morgan fingerprint density at radius 1 is 1.09 bits per heavy atom. The van der Waals surface area contributed by atoms with E-state index in [1.165, 1.54) is 23.1 Å². The number of ketones is 1. The highest BCUT2D eigenvalue weighted by atomic mass is 35.5. The Morgan fingerprint density at radius 3 is 2.44 bits per heavy atom. The molecule has 0 radical (unpaired) electrons. The van der Waals surface area contributed by atoms with E-state index < -0.39 is 16.3 Å². The molecule has 2 N–H and O–H groups in total. The molecule has 0 saturated heterocycles. The summed E-state index contributed by atoms with van der Waals surface area (Å²) in [5, 5.41) is 23.3. The summed E-state index contributed by atoms with van der Waals surface area (Å²) in [6.07, 6.45) is 0.632. The number of carbonyl (C=O) groups is 1. The average molecular weight is 620 g/mol. The topological polar surface area (TPSA) is 132 Å². The van der Waals surface area contributed by atoms with Gasteiger partial charge in [0.25, 0.3) is 5.69 Å². The highest BCUT2D eigenvalue weighted by Crippen LogP contribution is 2.51. The number of nitro groups is 1. The molecule has 3 aromatic rings. The minimum absolute atomic E-state index is 0.0111. The highest BCUT2D eigenvalue weighted by molar-refractivity contribution is 6.31. The zero-order valence-electron chi connectivity index (χ0n) is 23.7. The Labute approximate surface area is 258 Å². The van der Waals surface area contributed by atoms with Crippen LogP contribution in [-0.2, 0) is 11.4 Å². The lowest BCUT2D eigenvalue weighted by atomic mass is 9.68. The Balaban J connectivity index is 1.67. The van der Waals surface area contributed by atoms with Crippen LogP contribution in [0.15, 0.2) is 83.3 Å². The number of halogens is 2. The number of hydrogen-bond acceptors (Lipinski definition) is 8. The maximum absolute atomic E-state index is 13.9. The van der Waals surface area contributed by atoms with Crippen molar-refractivity contribution in [3.05, 3.63) is 115 Å². The molecule has 5 rings (SSSR count). The first-order chi connectivity index (χ1) is 20.4. The molecule has 0 spiro atoms. The molecular formula is C32H28Cl2N4O5. The number of nitro benzene ring substituents is 1. The van der Waals surface area contributed by atoms with Crippen molar-refractivity contribution >= 4 is 40.4 Å². The lowest BCUT2D eigenvalue weighted by Gasteiger charge is -2.43.